The Morgan fingerprint density at radius 3 is 2.30 bits per heavy atom. The zero-order chi connectivity index (χ0) is 16.4. The van der Waals surface area contributed by atoms with E-state index in [0.29, 0.717) is 11.5 Å². The first kappa shape index (κ1) is 15.2. The second-order valence-corrected chi connectivity index (χ2v) is 6.51. The van der Waals surface area contributed by atoms with Gasteiger partial charge in [0, 0.05) is 0 Å². The molecule has 2 aromatic carbocycles. The number of benzene rings is 2. The van der Waals surface area contributed by atoms with Crippen molar-refractivity contribution in [2.24, 2.45) is 10.1 Å². The lowest BCUT2D eigenvalue weighted by molar-refractivity contribution is -0.116. The highest BCUT2D eigenvalue weighted by Gasteiger charge is 2.26. The van der Waals surface area contributed by atoms with Crippen molar-refractivity contribution in [1.29, 1.82) is 0 Å². The van der Waals surface area contributed by atoms with E-state index < -0.39 is 10.0 Å². The number of para-hydroxylation sites is 1. The molecular weight excluding hydrogens is 316 g/mol. The van der Waals surface area contributed by atoms with Crippen molar-refractivity contribution >= 4 is 33.1 Å². The molecule has 1 fully saturated rings. The van der Waals surface area contributed by atoms with Crippen molar-refractivity contribution in [3.8, 4) is 0 Å². The van der Waals surface area contributed by atoms with Crippen molar-refractivity contribution in [3.05, 3.63) is 54.6 Å². The monoisotopic (exact) mass is 330 g/mol. The maximum atomic E-state index is 12.0. The Hall–Kier alpha value is -2.71. The molecule has 1 aliphatic heterocycles. The molecule has 0 radical (unpaired) electrons. The summed E-state index contributed by atoms with van der Waals surface area (Å²) in [4.78, 5) is 16.4. The third-order valence-corrected chi connectivity index (χ3v) is 4.18. The number of aliphatic imine (C=N–C) groups is 1. The Bertz CT molecular complexity index is 861. The van der Waals surface area contributed by atoms with Gasteiger partial charge in [-0.2, -0.15) is 0 Å². The Labute approximate surface area is 133 Å². The van der Waals surface area contributed by atoms with Gasteiger partial charge in [-0.25, -0.2) is 23.6 Å². The number of nitrogens with zero attached hydrogens (tertiary/aromatic N) is 2. The summed E-state index contributed by atoms with van der Waals surface area (Å²) in [6, 6.07) is 15.0. The van der Waals surface area contributed by atoms with Crippen LogP contribution in [0, 0.1) is 0 Å². The zero-order valence-electron chi connectivity index (χ0n) is 12.0. The average molecular weight is 330 g/mol. The van der Waals surface area contributed by atoms with Gasteiger partial charge in [0.2, 0.25) is 10.0 Å². The molecule has 3 N–H and O–H groups in total. The van der Waals surface area contributed by atoms with Gasteiger partial charge < -0.3 is 0 Å². The summed E-state index contributed by atoms with van der Waals surface area (Å²) >= 11 is 0. The first-order valence-corrected chi connectivity index (χ1v) is 8.33. The molecule has 0 unspecified atom stereocenters. The van der Waals surface area contributed by atoms with E-state index in [1.54, 1.807) is 0 Å². The Morgan fingerprint density at radius 1 is 1.04 bits per heavy atom. The van der Waals surface area contributed by atoms with Crippen LogP contribution in [0.3, 0.4) is 0 Å². The van der Waals surface area contributed by atoms with Crippen LogP contribution < -0.4 is 15.6 Å². The Balaban J connectivity index is 1.80. The van der Waals surface area contributed by atoms with Gasteiger partial charge in [0.1, 0.15) is 5.84 Å². The van der Waals surface area contributed by atoms with Crippen molar-refractivity contribution < 1.29 is 13.2 Å². The highest BCUT2D eigenvalue weighted by Crippen LogP contribution is 2.20. The van der Waals surface area contributed by atoms with Gasteiger partial charge in [-0.15, -0.1) is 0 Å². The summed E-state index contributed by atoms with van der Waals surface area (Å²) < 4.78 is 22.4. The molecule has 0 saturated carbocycles. The molecule has 0 spiro atoms. The molecule has 3 rings (SSSR count). The van der Waals surface area contributed by atoms with E-state index >= 15 is 0 Å². The number of hydrazine groups is 1. The number of carbonyl (C=O) groups excluding carboxylic acids is 1. The van der Waals surface area contributed by atoms with Crippen LogP contribution in [0.5, 0.6) is 0 Å². The predicted octanol–water partition coefficient (Wildman–Crippen LogP) is 1.31. The van der Waals surface area contributed by atoms with Crippen LogP contribution in [0.15, 0.2) is 64.5 Å². The maximum Gasteiger partial charge on any atom is 0.253 e. The third kappa shape index (κ3) is 3.38. The number of amides is 1. The van der Waals surface area contributed by atoms with Gasteiger partial charge in [-0.1, -0.05) is 18.2 Å². The highest BCUT2D eigenvalue weighted by atomic mass is 32.2. The first-order chi connectivity index (χ1) is 10.9. The average Bonchev–Trinajstić information content (AvgIpc) is 2.88. The number of hydrogen-bond acceptors (Lipinski definition) is 4. The number of nitrogens with one attached hydrogen (secondary N) is 1. The molecule has 0 aliphatic carbocycles. The van der Waals surface area contributed by atoms with Crippen molar-refractivity contribution in [3.63, 3.8) is 0 Å². The number of rotatable bonds is 3. The van der Waals surface area contributed by atoms with E-state index in [4.69, 9.17) is 5.14 Å². The highest BCUT2D eigenvalue weighted by molar-refractivity contribution is 7.89. The summed E-state index contributed by atoms with van der Waals surface area (Å²) in [6.07, 6.45) is 0.145. The van der Waals surface area contributed by atoms with Crippen molar-refractivity contribution in [2.75, 3.05) is 5.01 Å². The van der Waals surface area contributed by atoms with Gasteiger partial charge in [0.25, 0.3) is 5.91 Å². The van der Waals surface area contributed by atoms with Gasteiger partial charge in [0.05, 0.1) is 22.7 Å². The summed E-state index contributed by atoms with van der Waals surface area (Å²) in [7, 11) is -3.73. The predicted molar refractivity (Wildman–Crippen MR) is 86.6 cm³/mol. The summed E-state index contributed by atoms with van der Waals surface area (Å²) in [5, 5.41) is 6.47. The lowest BCUT2D eigenvalue weighted by Gasteiger charge is -2.15. The SMILES string of the molecule is NS(=O)(=O)c1ccc(N=C2CC(=O)N(c3ccccc3)N2)cc1. The van der Waals surface area contributed by atoms with Crippen molar-refractivity contribution in [1.82, 2.24) is 5.43 Å². The lowest BCUT2D eigenvalue weighted by Crippen LogP contribution is -2.35. The molecule has 1 heterocycles. The van der Waals surface area contributed by atoms with Crippen LogP contribution in [-0.2, 0) is 14.8 Å². The smallest absolute Gasteiger partial charge is 0.253 e. The summed E-state index contributed by atoms with van der Waals surface area (Å²) in [5.74, 6) is 0.373. The molecule has 8 heteroatoms. The van der Waals surface area contributed by atoms with E-state index in [0.717, 1.165) is 5.69 Å². The fourth-order valence-electron chi connectivity index (χ4n) is 2.17. The quantitative estimate of drug-likeness (QED) is 0.885. The molecule has 1 aliphatic rings. The van der Waals surface area contributed by atoms with Gasteiger partial charge in [-0.05, 0) is 36.4 Å². The van der Waals surface area contributed by atoms with Gasteiger partial charge in [-0.3, -0.25) is 10.2 Å². The topological polar surface area (TPSA) is 105 Å². The van der Waals surface area contributed by atoms with Crippen LogP contribution in [0.2, 0.25) is 0 Å². The minimum atomic E-state index is -3.73. The van der Waals surface area contributed by atoms with Crippen molar-refractivity contribution in [2.45, 2.75) is 11.3 Å². The molecule has 0 atom stereocenters. The minimum absolute atomic E-state index is 0.0165. The minimum Gasteiger partial charge on any atom is -0.278 e. The number of carbonyl (C=O) groups is 1. The third-order valence-electron chi connectivity index (χ3n) is 3.25. The zero-order valence-corrected chi connectivity index (χ0v) is 12.8. The van der Waals surface area contributed by atoms with Crippen LogP contribution >= 0.6 is 0 Å². The summed E-state index contributed by atoms with van der Waals surface area (Å²) in [6.45, 7) is 0. The fraction of sp³-hybridized carbons (Fsp3) is 0.0667. The van der Waals surface area contributed by atoms with E-state index in [1.807, 2.05) is 30.3 Å². The molecule has 118 valence electrons. The second-order valence-electron chi connectivity index (χ2n) is 4.95. The van der Waals surface area contributed by atoms with Crippen LogP contribution in [0.25, 0.3) is 0 Å². The van der Waals surface area contributed by atoms with E-state index in [9.17, 15) is 13.2 Å². The van der Waals surface area contributed by atoms with Gasteiger partial charge >= 0.3 is 0 Å². The summed E-state index contributed by atoms with van der Waals surface area (Å²) in [5.41, 5.74) is 4.20. The second kappa shape index (κ2) is 5.82. The molecule has 0 aromatic heterocycles. The first-order valence-electron chi connectivity index (χ1n) is 6.78. The molecule has 7 nitrogen and oxygen atoms in total. The number of sulfonamides is 1. The van der Waals surface area contributed by atoms with Crippen LogP contribution in [0.1, 0.15) is 6.42 Å². The standard InChI is InChI=1S/C15H14N4O3S/c16-23(21,22)13-8-6-11(7-9-13)17-14-10-15(20)19(18-14)12-4-2-1-3-5-12/h1-9H,10H2,(H,17,18)(H2,16,21,22). The number of amidine groups is 1. The molecule has 0 bridgehead atoms. The molecule has 2 aromatic rings. The molecule has 1 amide bonds. The van der Waals surface area contributed by atoms with E-state index in [-0.39, 0.29) is 17.2 Å². The van der Waals surface area contributed by atoms with Crippen LogP contribution in [-0.4, -0.2) is 20.2 Å². The lowest BCUT2D eigenvalue weighted by atomic mass is 10.3. The number of nitrogens with two attached hydrogens (primary N) is 1. The van der Waals surface area contributed by atoms with E-state index in [1.165, 1.54) is 29.3 Å². The van der Waals surface area contributed by atoms with E-state index in [2.05, 4.69) is 10.4 Å². The number of primary sulfonamides is 1. The largest absolute Gasteiger partial charge is 0.278 e. The fourth-order valence-corrected chi connectivity index (χ4v) is 2.68. The normalized spacial score (nSPS) is 16.7. The Morgan fingerprint density at radius 2 is 1.70 bits per heavy atom. The number of hydrogen-bond donors (Lipinski definition) is 2. The molecule has 1 saturated heterocycles. The van der Waals surface area contributed by atoms with Gasteiger partial charge in [0.15, 0.2) is 0 Å². The van der Waals surface area contributed by atoms with Crippen LogP contribution in [0.4, 0.5) is 11.4 Å². The molecular formula is C15H14N4O3S. The maximum absolute atomic E-state index is 12.0. The number of anilines is 1. The molecule has 23 heavy (non-hydrogen) atoms. The Kier molecular flexibility index (Phi) is 3.85.